The van der Waals surface area contributed by atoms with Crippen molar-refractivity contribution in [2.24, 2.45) is 0 Å². The maximum Gasteiger partial charge on any atom is 0.326 e. The van der Waals surface area contributed by atoms with Crippen molar-refractivity contribution in [3.05, 3.63) is 63.8 Å². The van der Waals surface area contributed by atoms with Crippen LogP contribution in [0.1, 0.15) is 0 Å². The number of rotatable bonds is 7. The number of thioether (sulfide) groups is 1. The first kappa shape index (κ1) is 21.3. The summed E-state index contributed by atoms with van der Waals surface area (Å²) >= 11 is 4.51. The Kier molecular flexibility index (Phi) is 6.50. The van der Waals surface area contributed by atoms with Crippen molar-refractivity contribution in [3.8, 4) is 10.4 Å². The van der Waals surface area contributed by atoms with Gasteiger partial charge in [-0.25, -0.2) is 4.98 Å². The molecular formula is C21H17N3O4S3. The number of nitrogens with one attached hydrogen (secondary N) is 1. The predicted molar refractivity (Wildman–Crippen MR) is 125 cm³/mol. The molecule has 3 aromatic heterocycles. The highest BCUT2D eigenvalue weighted by Crippen LogP contribution is 2.33. The summed E-state index contributed by atoms with van der Waals surface area (Å²) in [5.74, 6) is -1.15. The van der Waals surface area contributed by atoms with Crippen LogP contribution in [0.3, 0.4) is 0 Å². The summed E-state index contributed by atoms with van der Waals surface area (Å²) in [6, 6.07) is 11.2. The highest BCUT2D eigenvalue weighted by atomic mass is 32.2. The topological polar surface area (TPSA) is 90.3 Å². The Morgan fingerprint density at radius 2 is 2.00 bits per heavy atom. The van der Waals surface area contributed by atoms with Gasteiger partial charge in [0.25, 0.3) is 11.5 Å². The van der Waals surface area contributed by atoms with Gasteiger partial charge in [0, 0.05) is 26.4 Å². The van der Waals surface area contributed by atoms with Crippen LogP contribution < -0.4 is 10.9 Å². The second kappa shape index (κ2) is 9.46. The van der Waals surface area contributed by atoms with Crippen molar-refractivity contribution in [3.63, 3.8) is 0 Å². The minimum Gasteiger partial charge on any atom is -0.454 e. The van der Waals surface area contributed by atoms with Crippen LogP contribution in [0.2, 0.25) is 0 Å². The highest BCUT2D eigenvalue weighted by Gasteiger charge is 2.16. The van der Waals surface area contributed by atoms with E-state index in [9.17, 15) is 14.4 Å². The van der Waals surface area contributed by atoms with Gasteiger partial charge in [0.05, 0.1) is 11.7 Å². The molecule has 0 bridgehead atoms. The second-order valence-corrected chi connectivity index (χ2v) is 9.11. The van der Waals surface area contributed by atoms with E-state index in [1.807, 2.05) is 41.3 Å². The zero-order valence-corrected chi connectivity index (χ0v) is 18.8. The Labute approximate surface area is 189 Å². The minimum atomic E-state index is -0.691. The zero-order chi connectivity index (χ0) is 21.8. The SMILES string of the molecule is CSc1ccc(NC(=O)COC(=O)Cn2cnc3scc(-c4cccs4)c3c2=O)cc1. The predicted octanol–water partition coefficient (Wildman–Crippen LogP) is 4.09. The largest absolute Gasteiger partial charge is 0.454 e. The molecule has 0 aliphatic rings. The number of hydrogen-bond acceptors (Lipinski definition) is 8. The Balaban J connectivity index is 1.40. The summed E-state index contributed by atoms with van der Waals surface area (Å²) in [5, 5.41) is 6.97. The van der Waals surface area contributed by atoms with Gasteiger partial charge in [0.1, 0.15) is 11.4 Å². The van der Waals surface area contributed by atoms with Gasteiger partial charge in [-0.15, -0.1) is 34.4 Å². The van der Waals surface area contributed by atoms with E-state index < -0.39 is 18.5 Å². The molecule has 0 fully saturated rings. The fourth-order valence-corrected chi connectivity index (χ4v) is 5.02. The lowest BCUT2D eigenvalue weighted by Gasteiger charge is -2.08. The number of benzene rings is 1. The van der Waals surface area contributed by atoms with E-state index in [0.29, 0.717) is 15.9 Å². The van der Waals surface area contributed by atoms with E-state index in [-0.39, 0.29) is 12.1 Å². The van der Waals surface area contributed by atoms with Crippen molar-refractivity contribution in [2.45, 2.75) is 11.4 Å². The lowest BCUT2D eigenvalue weighted by atomic mass is 10.2. The molecule has 0 spiro atoms. The number of esters is 1. The molecule has 0 aliphatic heterocycles. The van der Waals surface area contributed by atoms with Gasteiger partial charge in [0.15, 0.2) is 6.61 Å². The van der Waals surface area contributed by atoms with Crippen molar-refractivity contribution >= 4 is 62.2 Å². The van der Waals surface area contributed by atoms with Crippen LogP contribution in [0, 0.1) is 0 Å². The van der Waals surface area contributed by atoms with E-state index in [0.717, 1.165) is 15.3 Å². The second-order valence-electron chi connectivity index (χ2n) is 6.42. The molecule has 0 saturated carbocycles. The molecular weight excluding hydrogens is 454 g/mol. The number of amides is 1. The molecule has 1 amide bonds. The molecule has 31 heavy (non-hydrogen) atoms. The molecule has 1 N–H and O–H groups in total. The molecule has 0 saturated heterocycles. The summed E-state index contributed by atoms with van der Waals surface area (Å²) in [7, 11) is 0. The molecule has 10 heteroatoms. The minimum absolute atomic E-state index is 0.315. The first-order chi connectivity index (χ1) is 15.0. The maximum absolute atomic E-state index is 12.9. The Morgan fingerprint density at radius 1 is 1.19 bits per heavy atom. The highest BCUT2D eigenvalue weighted by molar-refractivity contribution is 7.98. The molecule has 0 aliphatic carbocycles. The number of aromatic nitrogens is 2. The third-order valence-corrected chi connectivity index (χ3v) is 6.92. The molecule has 3 heterocycles. The van der Waals surface area contributed by atoms with Crippen molar-refractivity contribution < 1.29 is 14.3 Å². The number of carbonyl (C=O) groups excluding carboxylic acids is 2. The summed E-state index contributed by atoms with van der Waals surface area (Å²) in [4.78, 5) is 44.1. The summed E-state index contributed by atoms with van der Waals surface area (Å²) in [6.07, 6.45) is 3.29. The van der Waals surface area contributed by atoms with E-state index in [2.05, 4.69) is 10.3 Å². The van der Waals surface area contributed by atoms with E-state index in [4.69, 9.17) is 4.74 Å². The average Bonchev–Trinajstić information content (AvgIpc) is 3.45. The van der Waals surface area contributed by atoms with Crippen LogP contribution in [-0.2, 0) is 20.9 Å². The molecule has 4 rings (SSSR count). The van der Waals surface area contributed by atoms with Crippen LogP contribution in [0.25, 0.3) is 20.7 Å². The normalized spacial score (nSPS) is 10.9. The fraction of sp³-hybridized carbons (Fsp3) is 0.143. The van der Waals surface area contributed by atoms with Crippen LogP contribution in [0.4, 0.5) is 5.69 Å². The van der Waals surface area contributed by atoms with Crippen LogP contribution in [0.5, 0.6) is 0 Å². The Morgan fingerprint density at radius 3 is 2.71 bits per heavy atom. The number of thiophene rings is 2. The van der Waals surface area contributed by atoms with Crippen molar-refractivity contribution in [2.75, 3.05) is 18.2 Å². The first-order valence-electron chi connectivity index (χ1n) is 9.15. The molecule has 0 radical (unpaired) electrons. The van der Waals surface area contributed by atoms with Crippen LogP contribution in [0.15, 0.2) is 63.2 Å². The van der Waals surface area contributed by atoms with E-state index in [1.165, 1.54) is 33.6 Å². The van der Waals surface area contributed by atoms with Gasteiger partial charge < -0.3 is 10.1 Å². The lowest BCUT2D eigenvalue weighted by Crippen LogP contribution is -2.28. The summed E-state index contributed by atoms with van der Waals surface area (Å²) in [5.41, 5.74) is 1.11. The smallest absolute Gasteiger partial charge is 0.326 e. The number of nitrogens with zero attached hydrogens (tertiary/aromatic N) is 2. The van der Waals surface area contributed by atoms with Gasteiger partial charge in [-0.05, 0) is 42.0 Å². The molecule has 0 unspecified atom stereocenters. The first-order valence-corrected chi connectivity index (χ1v) is 12.1. The van der Waals surface area contributed by atoms with Crippen molar-refractivity contribution in [1.82, 2.24) is 9.55 Å². The summed E-state index contributed by atoms with van der Waals surface area (Å²) < 4.78 is 6.24. The molecule has 158 valence electrons. The number of carbonyl (C=O) groups is 2. The zero-order valence-electron chi connectivity index (χ0n) is 16.4. The number of ether oxygens (including phenoxy) is 1. The van der Waals surface area contributed by atoms with Gasteiger partial charge >= 0.3 is 5.97 Å². The lowest BCUT2D eigenvalue weighted by molar-refractivity contribution is -0.147. The van der Waals surface area contributed by atoms with Gasteiger partial charge in [-0.3, -0.25) is 19.0 Å². The molecule has 4 aromatic rings. The Hall–Kier alpha value is -2.95. The quantitative estimate of drug-likeness (QED) is 0.323. The number of hydrogen-bond donors (Lipinski definition) is 1. The fourth-order valence-electron chi connectivity index (χ4n) is 2.90. The summed E-state index contributed by atoms with van der Waals surface area (Å²) in [6.45, 7) is -0.760. The molecule has 1 aromatic carbocycles. The number of fused-ring (bicyclic) bond motifs is 1. The van der Waals surface area contributed by atoms with Crippen LogP contribution in [-0.4, -0.2) is 34.3 Å². The van der Waals surface area contributed by atoms with Gasteiger partial charge in [-0.1, -0.05) is 6.07 Å². The van der Waals surface area contributed by atoms with Crippen molar-refractivity contribution in [1.29, 1.82) is 0 Å². The van der Waals surface area contributed by atoms with E-state index >= 15 is 0 Å². The molecule has 0 atom stereocenters. The molecule has 7 nitrogen and oxygen atoms in total. The third-order valence-electron chi connectivity index (χ3n) is 4.38. The van der Waals surface area contributed by atoms with Gasteiger partial charge in [0.2, 0.25) is 0 Å². The standard InChI is InChI=1S/C21H17N3O4S3/c1-29-14-6-4-13(5-7-14)23-17(25)10-28-18(26)9-24-12-22-20-19(21(24)27)15(11-31-20)16-3-2-8-30-16/h2-8,11-12H,9-10H2,1H3,(H,23,25). The number of anilines is 1. The third kappa shape index (κ3) is 4.87. The maximum atomic E-state index is 12.9. The van der Waals surface area contributed by atoms with Gasteiger partial charge in [-0.2, -0.15) is 0 Å². The monoisotopic (exact) mass is 471 g/mol. The average molecular weight is 472 g/mol. The van der Waals surface area contributed by atoms with Crippen LogP contribution >= 0.6 is 34.4 Å². The Bertz CT molecular complexity index is 1280. The van der Waals surface area contributed by atoms with E-state index in [1.54, 1.807) is 23.9 Å².